The van der Waals surface area contributed by atoms with E-state index < -0.39 is 0 Å². The number of aromatic nitrogens is 1. The van der Waals surface area contributed by atoms with Crippen LogP contribution in [0.2, 0.25) is 0 Å². The van der Waals surface area contributed by atoms with Crippen LogP contribution in [0, 0.1) is 0 Å². The van der Waals surface area contributed by atoms with E-state index >= 15 is 0 Å². The summed E-state index contributed by atoms with van der Waals surface area (Å²) in [5.74, 6) is 0. The van der Waals surface area contributed by atoms with Crippen LogP contribution >= 0.6 is 0 Å². The average Bonchev–Trinajstić information content (AvgIpc) is 2.43. The third kappa shape index (κ3) is 5.47. The number of rotatable bonds is 9. The van der Waals surface area contributed by atoms with E-state index in [-0.39, 0.29) is 5.56 Å². The van der Waals surface area contributed by atoms with Gasteiger partial charge in [-0.15, -0.1) is 0 Å². The highest BCUT2D eigenvalue weighted by Gasteiger charge is 2.06. The molecule has 0 bridgehead atoms. The first-order chi connectivity index (χ1) is 9.21. The molecule has 108 valence electrons. The molecule has 0 amide bonds. The van der Waals surface area contributed by atoms with Gasteiger partial charge in [-0.1, -0.05) is 26.7 Å². The third-order valence-corrected chi connectivity index (χ3v) is 3.29. The fraction of sp³-hybridized carbons (Fsp3) is 0.667. The summed E-state index contributed by atoms with van der Waals surface area (Å²) in [6.45, 7) is 5.54. The molecule has 0 fully saturated rings. The lowest BCUT2D eigenvalue weighted by atomic mass is 10.1. The van der Waals surface area contributed by atoms with Crippen LogP contribution < -0.4 is 10.9 Å². The van der Waals surface area contributed by atoms with Crippen molar-refractivity contribution >= 4 is 5.69 Å². The summed E-state index contributed by atoms with van der Waals surface area (Å²) in [6.07, 6.45) is 6.59. The number of hydrogen-bond acceptors (Lipinski definition) is 3. The second kappa shape index (κ2) is 8.75. The van der Waals surface area contributed by atoms with Gasteiger partial charge >= 0.3 is 0 Å². The standard InChI is InChI=1S/C15H26N2O2/c1-4-6-7-13(5-2)16-14-8-9-15(18)17(12-14)10-11-19-3/h8-9,12-13,16H,4-7,10-11H2,1-3H3. The Morgan fingerprint density at radius 3 is 2.79 bits per heavy atom. The summed E-state index contributed by atoms with van der Waals surface area (Å²) in [6, 6.07) is 3.96. The van der Waals surface area contributed by atoms with Crippen molar-refractivity contribution in [1.29, 1.82) is 0 Å². The molecule has 1 N–H and O–H groups in total. The van der Waals surface area contributed by atoms with E-state index in [1.807, 2.05) is 12.3 Å². The van der Waals surface area contributed by atoms with Gasteiger partial charge in [0.25, 0.3) is 5.56 Å². The number of hydrogen-bond donors (Lipinski definition) is 1. The zero-order valence-corrected chi connectivity index (χ0v) is 12.3. The lowest BCUT2D eigenvalue weighted by molar-refractivity contribution is 0.186. The van der Waals surface area contributed by atoms with Crippen molar-refractivity contribution in [3.63, 3.8) is 0 Å². The molecule has 4 nitrogen and oxygen atoms in total. The maximum atomic E-state index is 11.7. The Balaban J connectivity index is 2.69. The summed E-state index contributed by atoms with van der Waals surface area (Å²) in [7, 11) is 1.64. The molecule has 1 aromatic rings. The molecule has 0 aliphatic carbocycles. The Morgan fingerprint density at radius 1 is 1.37 bits per heavy atom. The van der Waals surface area contributed by atoms with Gasteiger partial charge in [0.05, 0.1) is 12.3 Å². The first kappa shape index (κ1) is 15.8. The fourth-order valence-electron chi connectivity index (χ4n) is 2.05. The summed E-state index contributed by atoms with van der Waals surface area (Å²) in [4.78, 5) is 11.7. The minimum absolute atomic E-state index is 0.0178. The quantitative estimate of drug-likeness (QED) is 0.747. The van der Waals surface area contributed by atoms with E-state index in [1.54, 1.807) is 17.7 Å². The number of pyridine rings is 1. The number of nitrogens with one attached hydrogen (secondary N) is 1. The molecular weight excluding hydrogens is 240 g/mol. The lowest BCUT2D eigenvalue weighted by Gasteiger charge is -2.18. The third-order valence-electron chi connectivity index (χ3n) is 3.29. The van der Waals surface area contributed by atoms with Crippen LogP contribution in [-0.4, -0.2) is 24.3 Å². The highest BCUT2D eigenvalue weighted by Crippen LogP contribution is 2.12. The predicted octanol–water partition coefficient (Wildman–Crippen LogP) is 2.88. The minimum Gasteiger partial charge on any atom is -0.383 e. The maximum absolute atomic E-state index is 11.7. The maximum Gasteiger partial charge on any atom is 0.250 e. The topological polar surface area (TPSA) is 43.3 Å². The van der Waals surface area contributed by atoms with Crippen molar-refractivity contribution in [2.24, 2.45) is 0 Å². The zero-order chi connectivity index (χ0) is 14.1. The van der Waals surface area contributed by atoms with Crippen molar-refractivity contribution < 1.29 is 4.74 Å². The van der Waals surface area contributed by atoms with E-state index in [4.69, 9.17) is 4.74 Å². The van der Waals surface area contributed by atoms with Gasteiger partial charge in [-0.25, -0.2) is 0 Å². The van der Waals surface area contributed by atoms with Crippen LogP contribution in [0.3, 0.4) is 0 Å². The van der Waals surface area contributed by atoms with Gasteiger partial charge < -0.3 is 14.6 Å². The van der Waals surface area contributed by atoms with Crippen molar-refractivity contribution in [2.45, 2.75) is 52.1 Å². The van der Waals surface area contributed by atoms with Crippen molar-refractivity contribution in [1.82, 2.24) is 4.57 Å². The van der Waals surface area contributed by atoms with Crippen LogP contribution in [0.5, 0.6) is 0 Å². The number of methoxy groups -OCH3 is 1. The summed E-state index contributed by atoms with van der Waals surface area (Å²) < 4.78 is 6.71. The Kier molecular flexibility index (Phi) is 7.26. The Hall–Kier alpha value is -1.29. The Morgan fingerprint density at radius 2 is 2.16 bits per heavy atom. The van der Waals surface area contributed by atoms with Gasteiger partial charge in [-0.3, -0.25) is 4.79 Å². The second-order valence-corrected chi connectivity index (χ2v) is 4.83. The smallest absolute Gasteiger partial charge is 0.250 e. The van der Waals surface area contributed by atoms with E-state index in [0.29, 0.717) is 19.2 Å². The molecule has 0 aromatic carbocycles. The molecule has 0 saturated carbocycles. The number of unbranched alkanes of at least 4 members (excludes halogenated alkanes) is 1. The molecule has 4 heteroatoms. The molecule has 1 rings (SSSR count). The van der Waals surface area contributed by atoms with Crippen LogP contribution in [0.1, 0.15) is 39.5 Å². The molecule has 0 aliphatic heterocycles. The Labute approximate surface area is 115 Å². The molecule has 0 saturated heterocycles. The van der Waals surface area contributed by atoms with Crippen LogP contribution in [0.4, 0.5) is 5.69 Å². The Bertz CT molecular complexity index is 415. The van der Waals surface area contributed by atoms with Gasteiger partial charge in [0, 0.05) is 32.0 Å². The molecule has 19 heavy (non-hydrogen) atoms. The van der Waals surface area contributed by atoms with E-state index in [1.165, 1.54) is 19.3 Å². The molecule has 0 spiro atoms. The average molecular weight is 266 g/mol. The second-order valence-electron chi connectivity index (χ2n) is 4.83. The molecule has 1 heterocycles. The van der Waals surface area contributed by atoms with Crippen LogP contribution in [-0.2, 0) is 11.3 Å². The highest BCUT2D eigenvalue weighted by atomic mass is 16.5. The van der Waals surface area contributed by atoms with Gasteiger partial charge in [0.1, 0.15) is 0 Å². The lowest BCUT2D eigenvalue weighted by Crippen LogP contribution is -2.23. The highest BCUT2D eigenvalue weighted by molar-refractivity contribution is 5.41. The normalized spacial score (nSPS) is 12.4. The number of anilines is 1. The van der Waals surface area contributed by atoms with Crippen molar-refractivity contribution in [3.05, 3.63) is 28.7 Å². The number of ether oxygens (including phenoxy) is 1. The fourth-order valence-corrected chi connectivity index (χ4v) is 2.05. The summed E-state index contributed by atoms with van der Waals surface area (Å²) in [5.41, 5.74) is 1.03. The monoisotopic (exact) mass is 266 g/mol. The number of nitrogens with zero attached hydrogens (tertiary/aromatic N) is 1. The molecule has 1 aromatic heterocycles. The van der Waals surface area contributed by atoms with E-state index in [0.717, 1.165) is 12.1 Å². The summed E-state index contributed by atoms with van der Waals surface area (Å²) in [5, 5.41) is 3.51. The predicted molar refractivity (Wildman–Crippen MR) is 79.8 cm³/mol. The van der Waals surface area contributed by atoms with Gasteiger partial charge in [-0.2, -0.15) is 0 Å². The SMILES string of the molecule is CCCCC(CC)Nc1ccc(=O)n(CCOC)c1. The van der Waals surface area contributed by atoms with Crippen molar-refractivity contribution in [2.75, 3.05) is 19.0 Å². The van der Waals surface area contributed by atoms with E-state index in [9.17, 15) is 4.79 Å². The summed E-state index contributed by atoms with van der Waals surface area (Å²) >= 11 is 0. The largest absolute Gasteiger partial charge is 0.383 e. The first-order valence-electron chi connectivity index (χ1n) is 7.17. The molecule has 1 unspecified atom stereocenters. The van der Waals surface area contributed by atoms with Crippen molar-refractivity contribution in [3.8, 4) is 0 Å². The molecule has 0 aliphatic rings. The minimum atomic E-state index is 0.0178. The molecular formula is C15H26N2O2. The zero-order valence-electron chi connectivity index (χ0n) is 12.3. The molecule has 0 radical (unpaired) electrons. The molecule has 1 atom stereocenters. The van der Waals surface area contributed by atoms with E-state index in [2.05, 4.69) is 19.2 Å². The van der Waals surface area contributed by atoms with Gasteiger partial charge in [0.15, 0.2) is 0 Å². The van der Waals surface area contributed by atoms with Gasteiger partial charge in [-0.05, 0) is 18.9 Å². The van der Waals surface area contributed by atoms with Crippen LogP contribution in [0.25, 0.3) is 0 Å². The first-order valence-corrected chi connectivity index (χ1v) is 7.17. The van der Waals surface area contributed by atoms with Crippen LogP contribution in [0.15, 0.2) is 23.1 Å². The van der Waals surface area contributed by atoms with Gasteiger partial charge in [0.2, 0.25) is 0 Å².